The first-order valence-corrected chi connectivity index (χ1v) is 6.91. The average Bonchev–Trinajstić information content (AvgIpc) is 2.84. The van der Waals surface area contributed by atoms with Crippen LogP contribution in [0.5, 0.6) is 0 Å². The molecule has 0 saturated carbocycles. The van der Waals surface area contributed by atoms with Crippen molar-refractivity contribution in [2.24, 2.45) is 0 Å². The van der Waals surface area contributed by atoms with Gasteiger partial charge in [0.1, 0.15) is 0 Å². The van der Waals surface area contributed by atoms with Gasteiger partial charge in [-0.3, -0.25) is 0 Å². The zero-order valence-corrected chi connectivity index (χ0v) is 11.1. The number of nitrogens with zero attached hydrogens (tertiary/aromatic N) is 4. The predicted molar refractivity (Wildman–Crippen MR) is 73.0 cm³/mol. The number of fused-ring (bicyclic) bond motifs is 1. The van der Waals surface area contributed by atoms with Gasteiger partial charge in [-0.25, -0.2) is 4.98 Å². The summed E-state index contributed by atoms with van der Waals surface area (Å²) < 4.78 is 1.55. The van der Waals surface area contributed by atoms with Crippen molar-refractivity contribution in [1.82, 2.24) is 19.6 Å². The molecule has 0 saturated heterocycles. The molecule has 0 amide bonds. The summed E-state index contributed by atoms with van der Waals surface area (Å²) in [7, 11) is 0. The molecule has 0 aliphatic heterocycles. The predicted octanol–water partition coefficient (Wildman–Crippen LogP) is 3.17. The standard InChI is InChI=1S/C12H9ClN4S/c1-18-12-14-10-7-9(8-5-3-2-4-6-8)16-17(10)11(13)15-12/h2-7H,1H3. The van der Waals surface area contributed by atoms with Gasteiger partial charge in [0.15, 0.2) is 10.8 Å². The molecule has 0 aliphatic carbocycles. The fourth-order valence-electron chi connectivity index (χ4n) is 1.68. The average molecular weight is 277 g/mol. The third-order valence-corrected chi connectivity index (χ3v) is 3.31. The molecule has 90 valence electrons. The minimum atomic E-state index is 0.325. The third kappa shape index (κ3) is 1.95. The zero-order chi connectivity index (χ0) is 12.5. The maximum absolute atomic E-state index is 6.08. The number of halogens is 1. The Morgan fingerprint density at radius 1 is 1.17 bits per heavy atom. The fraction of sp³-hybridized carbons (Fsp3) is 0.0833. The number of thioether (sulfide) groups is 1. The Morgan fingerprint density at radius 3 is 2.67 bits per heavy atom. The van der Waals surface area contributed by atoms with E-state index in [1.807, 2.05) is 42.7 Å². The van der Waals surface area contributed by atoms with Crippen molar-refractivity contribution < 1.29 is 0 Å². The molecule has 1 aromatic carbocycles. The van der Waals surface area contributed by atoms with Gasteiger partial charge < -0.3 is 0 Å². The van der Waals surface area contributed by atoms with Gasteiger partial charge in [-0.15, -0.1) is 0 Å². The van der Waals surface area contributed by atoms with E-state index in [1.54, 1.807) is 4.52 Å². The minimum absolute atomic E-state index is 0.325. The van der Waals surface area contributed by atoms with E-state index in [0.717, 1.165) is 11.3 Å². The van der Waals surface area contributed by atoms with E-state index >= 15 is 0 Å². The van der Waals surface area contributed by atoms with Crippen LogP contribution >= 0.6 is 23.4 Å². The van der Waals surface area contributed by atoms with Gasteiger partial charge in [0.2, 0.25) is 5.28 Å². The smallest absolute Gasteiger partial charge is 0.203 e. The molecule has 2 heterocycles. The second-order valence-electron chi connectivity index (χ2n) is 3.64. The van der Waals surface area contributed by atoms with E-state index in [1.165, 1.54) is 11.8 Å². The van der Waals surface area contributed by atoms with Crippen LogP contribution in [-0.2, 0) is 0 Å². The van der Waals surface area contributed by atoms with E-state index in [-0.39, 0.29) is 0 Å². The molecule has 3 rings (SSSR count). The van der Waals surface area contributed by atoms with Gasteiger partial charge in [-0.2, -0.15) is 14.6 Å². The summed E-state index contributed by atoms with van der Waals surface area (Å²) >= 11 is 7.53. The van der Waals surface area contributed by atoms with Crippen LogP contribution in [0.2, 0.25) is 5.28 Å². The molecule has 4 nitrogen and oxygen atoms in total. The van der Waals surface area contributed by atoms with Gasteiger partial charge in [-0.05, 0) is 17.9 Å². The van der Waals surface area contributed by atoms with Gasteiger partial charge >= 0.3 is 0 Å². The van der Waals surface area contributed by atoms with Gasteiger partial charge in [0.05, 0.1) is 5.69 Å². The first-order valence-electron chi connectivity index (χ1n) is 5.30. The molecule has 0 atom stereocenters. The summed E-state index contributed by atoms with van der Waals surface area (Å²) in [6.45, 7) is 0. The highest BCUT2D eigenvalue weighted by Gasteiger charge is 2.10. The normalized spacial score (nSPS) is 11.0. The molecule has 0 radical (unpaired) electrons. The summed E-state index contributed by atoms with van der Waals surface area (Å²) in [5.41, 5.74) is 2.58. The molecule has 0 fully saturated rings. The van der Waals surface area contributed by atoms with Crippen LogP contribution in [0.25, 0.3) is 16.9 Å². The van der Waals surface area contributed by atoms with Crippen LogP contribution in [0.1, 0.15) is 0 Å². The van der Waals surface area contributed by atoms with Gasteiger partial charge in [-0.1, -0.05) is 42.1 Å². The molecule has 0 N–H and O–H groups in total. The Kier molecular flexibility index (Phi) is 2.93. The zero-order valence-electron chi connectivity index (χ0n) is 9.54. The Hall–Kier alpha value is -1.59. The summed E-state index contributed by atoms with van der Waals surface area (Å²) in [5, 5.41) is 5.38. The van der Waals surface area contributed by atoms with E-state index in [9.17, 15) is 0 Å². The number of hydrogen-bond acceptors (Lipinski definition) is 4. The number of hydrogen-bond donors (Lipinski definition) is 0. The quantitative estimate of drug-likeness (QED) is 0.674. The molecule has 0 spiro atoms. The van der Waals surface area contributed by atoms with E-state index < -0.39 is 0 Å². The summed E-state index contributed by atoms with van der Waals surface area (Å²) in [6, 6.07) is 11.8. The second kappa shape index (κ2) is 4.59. The fourth-order valence-corrected chi connectivity index (χ4v) is 2.29. The van der Waals surface area contributed by atoms with Crippen LogP contribution in [0.15, 0.2) is 41.6 Å². The van der Waals surface area contributed by atoms with Crippen molar-refractivity contribution in [1.29, 1.82) is 0 Å². The number of aromatic nitrogens is 4. The highest BCUT2D eigenvalue weighted by atomic mass is 35.5. The van der Waals surface area contributed by atoms with Crippen LogP contribution in [0.4, 0.5) is 0 Å². The van der Waals surface area contributed by atoms with Crippen LogP contribution in [0, 0.1) is 0 Å². The second-order valence-corrected chi connectivity index (χ2v) is 4.76. The lowest BCUT2D eigenvalue weighted by Crippen LogP contribution is -1.97. The molecule has 6 heteroatoms. The first kappa shape index (κ1) is 11.5. The van der Waals surface area contributed by atoms with Crippen LogP contribution in [-0.4, -0.2) is 25.8 Å². The van der Waals surface area contributed by atoms with E-state index in [2.05, 4.69) is 15.1 Å². The van der Waals surface area contributed by atoms with Crippen molar-refractivity contribution in [3.63, 3.8) is 0 Å². The summed E-state index contributed by atoms with van der Waals surface area (Å²) in [6.07, 6.45) is 1.91. The number of benzene rings is 1. The minimum Gasteiger partial charge on any atom is -0.203 e. The van der Waals surface area contributed by atoms with Crippen LogP contribution < -0.4 is 0 Å². The Balaban J connectivity index is 2.20. The molecule has 18 heavy (non-hydrogen) atoms. The third-order valence-electron chi connectivity index (χ3n) is 2.52. The molecule has 0 aliphatic rings. The molecular weight excluding hydrogens is 268 g/mol. The van der Waals surface area contributed by atoms with Crippen LogP contribution in [0.3, 0.4) is 0 Å². The van der Waals surface area contributed by atoms with E-state index in [0.29, 0.717) is 16.1 Å². The molecular formula is C12H9ClN4S. The lowest BCUT2D eigenvalue weighted by Gasteiger charge is -1.97. The SMILES string of the molecule is CSc1nc(Cl)n2nc(-c3ccccc3)cc2n1. The van der Waals surface area contributed by atoms with Crippen molar-refractivity contribution in [3.05, 3.63) is 41.7 Å². The Morgan fingerprint density at radius 2 is 1.94 bits per heavy atom. The topological polar surface area (TPSA) is 43.1 Å². The van der Waals surface area contributed by atoms with Crippen molar-refractivity contribution in [2.45, 2.75) is 5.16 Å². The highest BCUT2D eigenvalue weighted by Crippen LogP contribution is 2.21. The lowest BCUT2D eigenvalue weighted by molar-refractivity contribution is 0.838. The maximum Gasteiger partial charge on any atom is 0.228 e. The van der Waals surface area contributed by atoms with Crippen molar-refractivity contribution >= 4 is 29.0 Å². The molecule has 0 unspecified atom stereocenters. The van der Waals surface area contributed by atoms with Crippen molar-refractivity contribution in [2.75, 3.05) is 6.26 Å². The number of rotatable bonds is 2. The largest absolute Gasteiger partial charge is 0.228 e. The Bertz CT molecular complexity index is 696. The highest BCUT2D eigenvalue weighted by molar-refractivity contribution is 7.98. The van der Waals surface area contributed by atoms with Crippen molar-refractivity contribution in [3.8, 4) is 11.3 Å². The van der Waals surface area contributed by atoms with E-state index in [4.69, 9.17) is 11.6 Å². The molecule has 3 aromatic rings. The maximum atomic E-state index is 6.08. The molecule has 2 aromatic heterocycles. The lowest BCUT2D eigenvalue weighted by atomic mass is 10.2. The summed E-state index contributed by atoms with van der Waals surface area (Å²) in [5.74, 6) is 0. The first-order chi connectivity index (χ1) is 8.78. The monoisotopic (exact) mass is 276 g/mol. The Labute approximate surface area is 113 Å². The molecule has 0 bridgehead atoms. The van der Waals surface area contributed by atoms with Gasteiger partial charge in [0.25, 0.3) is 0 Å². The van der Waals surface area contributed by atoms with Gasteiger partial charge in [0, 0.05) is 11.6 Å². The summed E-state index contributed by atoms with van der Waals surface area (Å²) in [4.78, 5) is 8.51.